The van der Waals surface area contributed by atoms with Crippen molar-refractivity contribution in [1.29, 1.82) is 0 Å². The molecule has 2 fully saturated rings. The Balaban J connectivity index is 1.43. The minimum absolute atomic E-state index is 0.102. The third kappa shape index (κ3) is 2.92. The molecule has 28 heavy (non-hydrogen) atoms. The van der Waals surface area contributed by atoms with E-state index in [-0.39, 0.29) is 6.10 Å². The number of nitrogens with one attached hydrogen (secondary N) is 1. The summed E-state index contributed by atoms with van der Waals surface area (Å²) in [5, 5.41) is 16.7. The average Bonchev–Trinajstić information content (AvgIpc) is 3.35. The van der Waals surface area contributed by atoms with E-state index in [4.69, 9.17) is 4.74 Å². The Morgan fingerprint density at radius 1 is 1.07 bits per heavy atom. The molecule has 3 aromatic rings. The van der Waals surface area contributed by atoms with Crippen LogP contribution in [0.1, 0.15) is 22.6 Å². The Morgan fingerprint density at radius 3 is 2.50 bits per heavy atom. The summed E-state index contributed by atoms with van der Waals surface area (Å²) in [7, 11) is 0. The van der Waals surface area contributed by atoms with Gasteiger partial charge in [0.15, 0.2) is 0 Å². The first kappa shape index (κ1) is 18.1. The lowest BCUT2D eigenvalue weighted by Crippen LogP contribution is -2.62. The fourth-order valence-corrected chi connectivity index (χ4v) is 6.08. The molecule has 2 N–H and O–H groups in total. The van der Waals surface area contributed by atoms with Crippen LogP contribution in [0.25, 0.3) is 10.4 Å². The molecule has 144 valence electrons. The summed E-state index contributed by atoms with van der Waals surface area (Å²) in [6, 6.07) is 17.4. The number of thiophene rings is 2. The minimum atomic E-state index is -1.76. The van der Waals surface area contributed by atoms with E-state index in [2.05, 4.69) is 5.32 Å². The zero-order chi connectivity index (χ0) is 19.2. The molecular formula is C22H21NO3S2. The van der Waals surface area contributed by atoms with Gasteiger partial charge in [-0.05, 0) is 42.0 Å². The van der Waals surface area contributed by atoms with Crippen molar-refractivity contribution in [1.82, 2.24) is 5.32 Å². The fraction of sp³-hybridized carbons (Fsp3) is 0.318. The molecule has 4 nitrogen and oxygen atoms in total. The Bertz CT molecular complexity index is 970. The van der Waals surface area contributed by atoms with Gasteiger partial charge in [0, 0.05) is 23.4 Å². The number of carbonyl (C=O) groups is 1. The van der Waals surface area contributed by atoms with Crippen LogP contribution in [0.2, 0.25) is 0 Å². The lowest BCUT2D eigenvalue weighted by molar-refractivity contribution is -0.182. The van der Waals surface area contributed by atoms with Crippen LogP contribution in [-0.4, -0.2) is 30.3 Å². The molecule has 3 heterocycles. The molecule has 0 unspecified atom stereocenters. The van der Waals surface area contributed by atoms with Gasteiger partial charge in [-0.1, -0.05) is 36.4 Å². The van der Waals surface area contributed by atoms with Crippen LogP contribution in [0.3, 0.4) is 0 Å². The standard InChI is InChI=1S/C22H21NO3S2/c24-20(26-16-11-21(12-16)13-23-14-21)22(25,18-7-4-10-27-18)19-9-8-17(28-19)15-5-2-1-3-6-15/h1-10,16,23,25H,11-14H2/t22-/m1/s1. The highest BCUT2D eigenvalue weighted by Gasteiger charge is 2.52. The number of carbonyl (C=O) groups excluding carboxylic acids is 1. The molecule has 0 amide bonds. The molecule has 6 heteroatoms. The van der Waals surface area contributed by atoms with Gasteiger partial charge >= 0.3 is 5.97 Å². The third-order valence-electron chi connectivity index (χ3n) is 5.79. The maximum absolute atomic E-state index is 13.2. The molecule has 0 bridgehead atoms. The topological polar surface area (TPSA) is 58.6 Å². The predicted octanol–water partition coefficient (Wildman–Crippen LogP) is 4.01. The minimum Gasteiger partial charge on any atom is -0.460 e. The molecule has 1 aliphatic carbocycles. The SMILES string of the molecule is O=C(OC1CC2(CNC2)C1)[C@@](O)(c1cccs1)c1ccc(-c2ccccc2)s1. The summed E-state index contributed by atoms with van der Waals surface area (Å²) in [5.74, 6) is -0.566. The summed E-state index contributed by atoms with van der Waals surface area (Å²) in [6.45, 7) is 2.00. The van der Waals surface area contributed by atoms with E-state index in [1.807, 2.05) is 53.9 Å². The molecule has 1 saturated carbocycles. The molecule has 1 spiro atoms. The van der Waals surface area contributed by atoms with E-state index < -0.39 is 11.6 Å². The van der Waals surface area contributed by atoms with Gasteiger partial charge in [0.1, 0.15) is 6.10 Å². The number of rotatable bonds is 5. The zero-order valence-corrected chi connectivity index (χ0v) is 16.9. The van der Waals surface area contributed by atoms with Gasteiger partial charge in [-0.15, -0.1) is 22.7 Å². The van der Waals surface area contributed by atoms with Crippen molar-refractivity contribution in [3.05, 3.63) is 69.7 Å². The quantitative estimate of drug-likeness (QED) is 0.623. The lowest BCUT2D eigenvalue weighted by Gasteiger charge is -2.53. The van der Waals surface area contributed by atoms with Crippen molar-refractivity contribution < 1.29 is 14.6 Å². The second-order valence-electron chi connectivity index (χ2n) is 7.76. The van der Waals surface area contributed by atoms with Crippen molar-refractivity contribution >= 4 is 28.6 Å². The number of hydrogen-bond donors (Lipinski definition) is 2. The normalized spacial score (nSPS) is 20.2. The molecule has 1 atom stereocenters. The van der Waals surface area contributed by atoms with Gasteiger partial charge in [-0.3, -0.25) is 0 Å². The van der Waals surface area contributed by atoms with Crippen molar-refractivity contribution in [2.75, 3.05) is 13.1 Å². The predicted molar refractivity (Wildman–Crippen MR) is 111 cm³/mol. The number of aliphatic hydroxyl groups is 1. The second kappa shape index (κ2) is 6.81. The number of esters is 1. The van der Waals surface area contributed by atoms with Crippen LogP contribution in [0.4, 0.5) is 0 Å². The zero-order valence-electron chi connectivity index (χ0n) is 15.3. The lowest BCUT2D eigenvalue weighted by atomic mass is 9.63. The number of benzene rings is 1. The number of hydrogen-bond acceptors (Lipinski definition) is 6. The highest BCUT2D eigenvalue weighted by atomic mass is 32.1. The maximum atomic E-state index is 13.2. The molecule has 2 aliphatic rings. The van der Waals surface area contributed by atoms with Crippen molar-refractivity contribution in [2.45, 2.75) is 24.5 Å². The van der Waals surface area contributed by atoms with E-state index in [9.17, 15) is 9.90 Å². The van der Waals surface area contributed by atoms with E-state index in [1.165, 1.54) is 22.7 Å². The van der Waals surface area contributed by atoms with Crippen molar-refractivity contribution in [3.8, 4) is 10.4 Å². The molecule has 1 aliphatic heterocycles. The smallest absolute Gasteiger partial charge is 0.349 e. The van der Waals surface area contributed by atoms with E-state index in [0.29, 0.717) is 15.2 Å². The van der Waals surface area contributed by atoms with Crippen LogP contribution in [0.15, 0.2) is 60.0 Å². The highest BCUT2D eigenvalue weighted by molar-refractivity contribution is 7.16. The van der Waals surface area contributed by atoms with Crippen LogP contribution >= 0.6 is 22.7 Å². The van der Waals surface area contributed by atoms with Crippen molar-refractivity contribution in [3.63, 3.8) is 0 Å². The fourth-order valence-electron chi connectivity index (χ4n) is 4.09. The second-order valence-corrected chi connectivity index (χ2v) is 9.79. The van der Waals surface area contributed by atoms with E-state index in [1.54, 1.807) is 6.07 Å². The summed E-state index contributed by atoms with van der Waals surface area (Å²) in [4.78, 5) is 15.4. The van der Waals surface area contributed by atoms with E-state index >= 15 is 0 Å². The van der Waals surface area contributed by atoms with Crippen molar-refractivity contribution in [2.24, 2.45) is 5.41 Å². The average molecular weight is 412 g/mol. The highest BCUT2D eigenvalue weighted by Crippen LogP contribution is 2.47. The van der Waals surface area contributed by atoms with Crippen LogP contribution in [-0.2, 0) is 15.1 Å². The van der Waals surface area contributed by atoms with Gasteiger partial charge < -0.3 is 15.2 Å². The summed E-state index contributed by atoms with van der Waals surface area (Å²) < 4.78 is 5.77. The van der Waals surface area contributed by atoms with Gasteiger partial charge in [0.2, 0.25) is 5.60 Å². The largest absolute Gasteiger partial charge is 0.460 e. The molecular weight excluding hydrogens is 390 g/mol. The Hall–Kier alpha value is -1.99. The molecule has 1 aromatic carbocycles. The summed E-state index contributed by atoms with van der Waals surface area (Å²) in [5.41, 5.74) is -0.374. The Morgan fingerprint density at radius 2 is 1.86 bits per heavy atom. The monoisotopic (exact) mass is 411 g/mol. The Labute approximate surface area is 171 Å². The third-order valence-corrected chi connectivity index (χ3v) is 8.01. The van der Waals surface area contributed by atoms with Gasteiger partial charge in [-0.2, -0.15) is 0 Å². The van der Waals surface area contributed by atoms with Crippen LogP contribution in [0.5, 0.6) is 0 Å². The first-order valence-electron chi connectivity index (χ1n) is 9.43. The number of ether oxygens (including phenoxy) is 1. The maximum Gasteiger partial charge on any atom is 0.349 e. The molecule has 1 saturated heterocycles. The molecule has 2 aromatic heterocycles. The first-order chi connectivity index (χ1) is 13.6. The van der Waals surface area contributed by atoms with Crippen LogP contribution < -0.4 is 5.32 Å². The van der Waals surface area contributed by atoms with Gasteiger partial charge in [-0.25, -0.2) is 4.79 Å². The molecule has 5 rings (SSSR count). The molecule has 0 radical (unpaired) electrons. The first-order valence-corrected chi connectivity index (χ1v) is 11.1. The van der Waals surface area contributed by atoms with Gasteiger partial charge in [0.25, 0.3) is 0 Å². The van der Waals surface area contributed by atoms with Gasteiger partial charge in [0.05, 0.1) is 9.75 Å². The summed E-state index contributed by atoms with van der Waals surface area (Å²) in [6.07, 6.45) is 1.66. The summed E-state index contributed by atoms with van der Waals surface area (Å²) >= 11 is 2.81. The Kier molecular flexibility index (Phi) is 4.39. The van der Waals surface area contributed by atoms with E-state index in [0.717, 1.165) is 36.4 Å². The van der Waals surface area contributed by atoms with Crippen LogP contribution in [0, 0.1) is 5.41 Å².